The van der Waals surface area contributed by atoms with Crippen molar-refractivity contribution in [3.05, 3.63) is 35.9 Å². The van der Waals surface area contributed by atoms with Crippen molar-refractivity contribution in [2.24, 2.45) is 5.41 Å². The van der Waals surface area contributed by atoms with Crippen LogP contribution >= 0.6 is 0 Å². The first kappa shape index (κ1) is 16.5. The summed E-state index contributed by atoms with van der Waals surface area (Å²) >= 11 is 0. The molecule has 2 rings (SSSR count). The summed E-state index contributed by atoms with van der Waals surface area (Å²) in [6, 6.07) is 10.2. The van der Waals surface area contributed by atoms with E-state index >= 15 is 0 Å². The number of hydrogen-bond donors (Lipinski definition) is 1. The Morgan fingerprint density at radius 1 is 1.32 bits per heavy atom. The second-order valence-corrected chi connectivity index (χ2v) is 6.64. The molecule has 0 aromatic heterocycles. The van der Waals surface area contributed by atoms with E-state index in [9.17, 15) is 14.7 Å². The maximum atomic E-state index is 12.4. The molecule has 1 fully saturated rings. The smallest absolute Gasteiger partial charge is 0.311 e. The topological polar surface area (TPSA) is 57.6 Å². The van der Waals surface area contributed by atoms with Gasteiger partial charge in [0.1, 0.15) is 0 Å². The summed E-state index contributed by atoms with van der Waals surface area (Å²) < 4.78 is 0. The average molecular weight is 303 g/mol. The van der Waals surface area contributed by atoms with Gasteiger partial charge in [0.25, 0.3) is 0 Å². The molecule has 0 bridgehead atoms. The van der Waals surface area contributed by atoms with Gasteiger partial charge >= 0.3 is 5.97 Å². The van der Waals surface area contributed by atoms with E-state index in [1.165, 1.54) is 5.56 Å². The Labute approximate surface area is 132 Å². The number of carboxylic acids is 1. The zero-order chi connectivity index (χ0) is 16.2. The predicted octanol–water partition coefficient (Wildman–Crippen LogP) is 3.28. The first-order chi connectivity index (χ1) is 10.4. The Bertz CT molecular complexity index is 528. The predicted molar refractivity (Wildman–Crippen MR) is 85.6 cm³/mol. The van der Waals surface area contributed by atoms with Gasteiger partial charge in [0.2, 0.25) is 5.91 Å². The van der Waals surface area contributed by atoms with Crippen LogP contribution < -0.4 is 0 Å². The highest BCUT2D eigenvalue weighted by Crippen LogP contribution is 2.30. The van der Waals surface area contributed by atoms with Gasteiger partial charge in [-0.05, 0) is 37.7 Å². The van der Waals surface area contributed by atoms with E-state index in [2.05, 4.69) is 19.1 Å². The van der Waals surface area contributed by atoms with E-state index in [0.29, 0.717) is 31.8 Å². The molecule has 0 spiro atoms. The van der Waals surface area contributed by atoms with E-state index in [1.54, 1.807) is 11.8 Å². The first-order valence-electron chi connectivity index (χ1n) is 7.98. The lowest BCUT2D eigenvalue weighted by atomic mass is 9.82. The van der Waals surface area contributed by atoms with Gasteiger partial charge in [0.05, 0.1) is 5.41 Å². The van der Waals surface area contributed by atoms with Crippen molar-refractivity contribution in [3.8, 4) is 0 Å². The minimum Gasteiger partial charge on any atom is -0.481 e. The summed E-state index contributed by atoms with van der Waals surface area (Å²) in [6.07, 6.45) is 2.68. The second kappa shape index (κ2) is 6.95. The van der Waals surface area contributed by atoms with Gasteiger partial charge in [-0.2, -0.15) is 0 Å². The Kier molecular flexibility index (Phi) is 5.22. The fourth-order valence-electron chi connectivity index (χ4n) is 3.07. The lowest BCUT2D eigenvalue weighted by molar-refractivity contribution is -0.153. The number of benzene rings is 1. The lowest BCUT2D eigenvalue weighted by Crippen LogP contribution is -2.48. The van der Waals surface area contributed by atoms with Gasteiger partial charge in [-0.3, -0.25) is 9.59 Å². The van der Waals surface area contributed by atoms with Crippen LogP contribution in [0.5, 0.6) is 0 Å². The van der Waals surface area contributed by atoms with Gasteiger partial charge in [0.15, 0.2) is 0 Å². The Hall–Kier alpha value is -1.84. The molecule has 1 aliphatic rings. The van der Waals surface area contributed by atoms with Gasteiger partial charge in [-0.25, -0.2) is 0 Å². The number of carboxylic acid groups (broad SMARTS) is 1. The third-order valence-electron chi connectivity index (χ3n) is 4.73. The number of amides is 1. The van der Waals surface area contributed by atoms with Crippen LogP contribution in [0.25, 0.3) is 0 Å². The summed E-state index contributed by atoms with van der Waals surface area (Å²) in [5, 5.41) is 9.33. The molecule has 1 aromatic rings. The fourth-order valence-corrected chi connectivity index (χ4v) is 3.07. The molecule has 1 aliphatic heterocycles. The van der Waals surface area contributed by atoms with Gasteiger partial charge in [-0.15, -0.1) is 0 Å². The van der Waals surface area contributed by atoms with Crippen LogP contribution in [0.2, 0.25) is 0 Å². The standard InChI is InChI=1S/C18H25NO3/c1-14(15-7-4-3-5-8-15)9-10-16(20)19-12-6-11-18(2,13-19)17(21)22/h3-5,7-8,14H,6,9-13H2,1-2H3,(H,21,22). The highest BCUT2D eigenvalue weighted by molar-refractivity contribution is 5.79. The Balaban J connectivity index is 1.88. The fraction of sp³-hybridized carbons (Fsp3) is 0.556. The molecule has 0 aliphatic carbocycles. The molecule has 2 unspecified atom stereocenters. The van der Waals surface area contributed by atoms with Crippen molar-refractivity contribution in [2.75, 3.05) is 13.1 Å². The molecule has 4 heteroatoms. The zero-order valence-corrected chi connectivity index (χ0v) is 13.4. The molecular formula is C18H25NO3. The van der Waals surface area contributed by atoms with Crippen molar-refractivity contribution in [2.45, 2.75) is 45.4 Å². The normalized spacial score (nSPS) is 23.1. The van der Waals surface area contributed by atoms with Crippen LogP contribution in [0.15, 0.2) is 30.3 Å². The number of likely N-dealkylation sites (tertiary alicyclic amines) is 1. The van der Waals surface area contributed by atoms with Gasteiger partial charge < -0.3 is 10.0 Å². The zero-order valence-electron chi connectivity index (χ0n) is 13.4. The van der Waals surface area contributed by atoms with Crippen molar-refractivity contribution in [3.63, 3.8) is 0 Å². The molecule has 1 aromatic carbocycles. The summed E-state index contributed by atoms with van der Waals surface area (Å²) in [5.41, 5.74) is 0.447. The third-order valence-corrected chi connectivity index (χ3v) is 4.73. The first-order valence-corrected chi connectivity index (χ1v) is 7.98. The third kappa shape index (κ3) is 3.87. The lowest BCUT2D eigenvalue weighted by Gasteiger charge is -2.37. The van der Waals surface area contributed by atoms with Crippen molar-refractivity contribution >= 4 is 11.9 Å². The molecule has 1 amide bonds. The summed E-state index contributed by atoms with van der Waals surface area (Å²) in [4.78, 5) is 25.5. The number of hydrogen-bond acceptors (Lipinski definition) is 2. The molecule has 0 radical (unpaired) electrons. The molecule has 1 heterocycles. The van der Waals surface area contributed by atoms with Crippen LogP contribution in [0.3, 0.4) is 0 Å². The molecular weight excluding hydrogens is 278 g/mol. The van der Waals surface area contributed by atoms with Gasteiger partial charge in [-0.1, -0.05) is 37.3 Å². The van der Waals surface area contributed by atoms with Crippen molar-refractivity contribution in [1.82, 2.24) is 4.90 Å². The number of aliphatic carboxylic acids is 1. The molecule has 1 saturated heterocycles. The largest absolute Gasteiger partial charge is 0.481 e. The SMILES string of the molecule is CC(CCC(=O)N1CCCC(C)(C(=O)O)C1)c1ccccc1. The summed E-state index contributed by atoms with van der Waals surface area (Å²) in [6.45, 7) is 4.88. The summed E-state index contributed by atoms with van der Waals surface area (Å²) in [7, 11) is 0. The van der Waals surface area contributed by atoms with E-state index in [-0.39, 0.29) is 5.91 Å². The minimum atomic E-state index is -0.803. The monoisotopic (exact) mass is 303 g/mol. The van der Waals surface area contributed by atoms with E-state index in [4.69, 9.17) is 0 Å². The van der Waals surface area contributed by atoms with Crippen LogP contribution in [0.4, 0.5) is 0 Å². The van der Waals surface area contributed by atoms with E-state index in [1.807, 2.05) is 18.2 Å². The Morgan fingerprint density at radius 3 is 2.64 bits per heavy atom. The number of nitrogens with zero attached hydrogens (tertiary/aromatic N) is 1. The number of rotatable bonds is 5. The maximum Gasteiger partial charge on any atom is 0.311 e. The molecule has 120 valence electrons. The molecule has 2 atom stereocenters. The van der Waals surface area contributed by atoms with Crippen LogP contribution in [-0.4, -0.2) is 35.0 Å². The average Bonchev–Trinajstić information content (AvgIpc) is 2.53. The molecule has 4 nitrogen and oxygen atoms in total. The number of carbonyl (C=O) groups excluding carboxylic acids is 1. The van der Waals surface area contributed by atoms with Gasteiger partial charge in [0, 0.05) is 19.5 Å². The van der Waals surface area contributed by atoms with E-state index in [0.717, 1.165) is 12.8 Å². The van der Waals surface area contributed by atoms with Crippen molar-refractivity contribution < 1.29 is 14.7 Å². The van der Waals surface area contributed by atoms with Crippen LogP contribution in [-0.2, 0) is 9.59 Å². The van der Waals surface area contributed by atoms with Crippen LogP contribution in [0.1, 0.15) is 51.0 Å². The molecule has 0 saturated carbocycles. The summed E-state index contributed by atoms with van der Waals surface area (Å²) in [5.74, 6) is -0.390. The van der Waals surface area contributed by atoms with E-state index < -0.39 is 11.4 Å². The second-order valence-electron chi connectivity index (χ2n) is 6.64. The molecule has 1 N–H and O–H groups in total. The van der Waals surface area contributed by atoms with Crippen molar-refractivity contribution in [1.29, 1.82) is 0 Å². The molecule has 22 heavy (non-hydrogen) atoms. The minimum absolute atomic E-state index is 0.0787. The quantitative estimate of drug-likeness (QED) is 0.908. The number of carbonyl (C=O) groups is 2. The highest BCUT2D eigenvalue weighted by atomic mass is 16.4. The Morgan fingerprint density at radius 2 is 2.00 bits per heavy atom. The highest BCUT2D eigenvalue weighted by Gasteiger charge is 2.39. The number of piperidine rings is 1. The maximum absolute atomic E-state index is 12.4. The van der Waals surface area contributed by atoms with Crippen LogP contribution in [0, 0.1) is 5.41 Å².